The van der Waals surface area contributed by atoms with Crippen LogP contribution in [0.25, 0.3) is 44.7 Å². The minimum absolute atomic E-state index is 0.893. The molecule has 0 saturated heterocycles. The van der Waals surface area contributed by atoms with E-state index in [9.17, 15) is 0 Å². The number of hydrogen-bond donors (Lipinski definition) is 0. The average Bonchev–Trinajstić information content (AvgIpc) is 4.21. The van der Waals surface area contributed by atoms with Gasteiger partial charge in [0.2, 0.25) is 5.78 Å². The average molecular weight is 1070 g/mol. The van der Waals surface area contributed by atoms with Crippen molar-refractivity contribution in [2.75, 3.05) is 0 Å². The zero-order valence-corrected chi connectivity index (χ0v) is 47.0. The molecule has 2 heterocycles. The summed E-state index contributed by atoms with van der Waals surface area (Å²) in [5.41, 5.74) is 7.65. The van der Waals surface area contributed by atoms with Gasteiger partial charge in [0.05, 0.1) is 22.1 Å². The van der Waals surface area contributed by atoms with Crippen molar-refractivity contribution in [3.05, 3.63) is 334 Å². The number of fused-ring (bicyclic) bond motifs is 5. The molecule has 0 unspecified atom stereocenters. The van der Waals surface area contributed by atoms with Crippen molar-refractivity contribution in [1.82, 2.24) is 14.0 Å². The summed E-state index contributed by atoms with van der Waals surface area (Å²) in [7, 11) is -9.98. The van der Waals surface area contributed by atoms with Crippen molar-refractivity contribution in [2.45, 2.75) is 0 Å². The van der Waals surface area contributed by atoms with Gasteiger partial charge < -0.3 is 4.12 Å². The monoisotopic (exact) mass is 1070 g/mol. The van der Waals surface area contributed by atoms with Crippen molar-refractivity contribution >= 4 is 104 Å². The third kappa shape index (κ3) is 8.09. The lowest BCUT2D eigenvalue weighted by Crippen LogP contribution is -2.81. The van der Waals surface area contributed by atoms with E-state index in [0.717, 1.165) is 44.7 Å². The Morgan fingerprint density at radius 1 is 0.263 bits per heavy atom. The van der Waals surface area contributed by atoms with Gasteiger partial charge in [-0.15, -0.1) is 0 Å². The number of nitrogens with zero attached hydrogens (tertiary/aromatic N) is 3. The Labute approximate surface area is 470 Å². The van der Waals surface area contributed by atoms with Gasteiger partial charge in [0, 0.05) is 5.69 Å². The van der Waals surface area contributed by atoms with E-state index in [2.05, 4.69) is 343 Å². The quantitative estimate of drug-likeness (QED) is 0.0803. The molecule has 0 aliphatic carbocycles. The first-order chi connectivity index (χ1) is 39.7. The summed E-state index contributed by atoms with van der Waals surface area (Å²) in [5, 5.41) is 12.3. The summed E-state index contributed by atoms with van der Waals surface area (Å²) in [5.74, 6) is 0.893. The highest BCUT2D eigenvalue weighted by Gasteiger charge is 2.53. The minimum atomic E-state index is -3.50. The lowest BCUT2D eigenvalue weighted by Gasteiger charge is -2.44. The van der Waals surface area contributed by atoms with Crippen LogP contribution in [0, 0.1) is 0 Å². The molecule has 0 aliphatic heterocycles. The van der Waals surface area contributed by atoms with Crippen molar-refractivity contribution in [3.63, 3.8) is 0 Å². The standard InChI is InChI=1S/C73H55N3OSi3/c1-8-32-59(33-9-1)78(60-34-10-2-11-35-60,67-47-28-31-58(55-67)75-71-51-24-25-52-72(71)76-70-50-23-22-49-69(70)74-73(75)76)66-46-26-29-56(53-66)57-30-27-48-68(54-57)80(64-42-18-6-19-43-64,65-44-20-7-21-45-65)77-79(61-36-12-3-13-37-61,62-38-14-4-15-39-62)63-40-16-5-17-41-63/h1-55H. The summed E-state index contributed by atoms with van der Waals surface area (Å²) in [6, 6.07) is 123. The summed E-state index contributed by atoms with van der Waals surface area (Å²) < 4.78 is 13.4. The topological polar surface area (TPSA) is 31.5 Å². The molecule has 0 bridgehead atoms. The highest BCUT2D eigenvalue weighted by atomic mass is 28.4. The van der Waals surface area contributed by atoms with Gasteiger partial charge in [-0.05, 0) is 99.4 Å². The molecule has 0 N–H and O–H groups in total. The maximum atomic E-state index is 8.77. The molecular formula is C73H55N3OSi3. The molecule has 4 nitrogen and oxygen atoms in total. The number of benzene rings is 12. The van der Waals surface area contributed by atoms with E-state index >= 15 is 0 Å². The van der Waals surface area contributed by atoms with Crippen LogP contribution < -0.4 is 51.9 Å². The van der Waals surface area contributed by atoms with Crippen molar-refractivity contribution < 1.29 is 4.12 Å². The number of rotatable bonds is 14. The Kier molecular flexibility index (Phi) is 12.7. The van der Waals surface area contributed by atoms with Gasteiger partial charge in [0.25, 0.3) is 16.6 Å². The fourth-order valence-corrected chi connectivity index (χ4v) is 28.1. The molecule has 0 amide bonds. The van der Waals surface area contributed by atoms with Gasteiger partial charge in [0.15, 0.2) is 8.07 Å². The van der Waals surface area contributed by atoms with Crippen molar-refractivity contribution in [3.8, 4) is 16.8 Å². The Morgan fingerprint density at radius 3 is 1.07 bits per heavy atom. The van der Waals surface area contributed by atoms with E-state index in [4.69, 9.17) is 9.10 Å². The molecule has 0 saturated carbocycles. The van der Waals surface area contributed by atoms with Crippen LogP contribution in [0.2, 0.25) is 0 Å². The number of imidazole rings is 2. The van der Waals surface area contributed by atoms with Gasteiger partial charge in [0.1, 0.15) is 0 Å². The molecule has 14 aromatic rings. The molecule has 0 fully saturated rings. The van der Waals surface area contributed by atoms with Gasteiger partial charge in [-0.2, -0.15) is 0 Å². The SMILES string of the molecule is c1ccc([Si](O[Si](c2ccccc2)(c2ccccc2)c2cccc(-c3cccc([Si](c4ccccc4)(c4ccccc4)c4cccc(-n5c6ccccc6n6c7ccccc7nc56)c4)c3)c2)(c2ccccc2)c2ccccc2)cc1. The van der Waals surface area contributed by atoms with Gasteiger partial charge >= 0.3 is 0 Å². The second-order valence-electron chi connectivity index (χ2n) is 20.5. The van der Waals surface area contributed by atoms with E-state index in [-0.39, 0.29) is 0 Å². The minimum Gasteiger partial charge on any atom is -0.435 e. The lowest BCUT2D eigenvalue weighted by molar-refractivity contribution is 0.600. The predicted octanol–water partition coefficient (Wildman–Crippen LogP) is 10.1. The lowest BCUT2D eigenvalue weighted by atomic mass is 10.1. The molecule has 0 aliphatic rings. The van der Waals surface area contributed by atoms with Crippen LogP contribution in [0.5, 0.6) is 0 Å². The third-order valence-electron chi connectivity index (χ3n) is 16.2. The van der Waals surface area contributed by atoms with Crippen LogP contribution >= 0.6 is 0 Å². The molecule has 12 aromatic carbocycles. The number of hydrogen-bond acceptors (Lipinski definition) is 2. The van der Waals surface area contributed by atoms with Gasteiger partial charge in [-0.3, -0.25) is 8.97 Å². The van der Waals surface area contributed by atoms with Crippen LogP contribution in [0.1, 0.15) is 0 Å². The summed E-state index contributed by atoms with van der Waals surface area (Å²) in [6.07, 6.45) is 0. The third-order valence-corrected chi connectivity index (χ3v) is 30.2. The Morgan fingerprint density at radius 2 is 0.600 bits per heavy atom. The van der Waals surface area contributed by atoms with Crippen LogP contribution in [-0.2, 0) is 4.12 Å². The molecule has 7 heteroatoms. The largest absolute Gasteiger partial charge is 0.435 e. The van der Waals surface area contributed by atoms with Gasteiger partial charge in [-0.1, -0.05) is 297 Å². The van der Waals surface area contributed by atoms with E-state index < -0.39 is 24.7 Å². The second-order valence-corrected chi connectivity index (χ2v) is 31.4. The van der Waals surface area contributed by atoms with Crippen molar-refractivity contribution in [1.29, 1.82) is 0 Å². The maximum absolute atomic E-state index is 8.77. The Bertz CT molecular complexity index is 4270. The highest BCUT2D eigenvalue weighted by molar-refractivity contribution is 7.20. The van der Waals surface area contributed by atoms with E-state index in [0.29, 0.717) is 0 Å². The zero-order chi connectivity index (χ0) is 53.4. The summed E-state index contributed by atoms with van der Waals surface area (Å²) >= 11 is 0. The highest BCUT2D eigenvalue weighted by Crippen LogP contribution is 2.30. The fourth-order valence-electron chi connectivity index (χ4n) is 12.7. The van der Waals surface area contributed by atoms with E-state index in [1.165, 1.54) is 51.9 Å². The first-order valence-electron chi connectivity index (χ1n) is 27.4. The molecule has 14 rings (SSSR count). The molecule has 380 valence electrons. The predicted molar refractivity (Wildman–Crippen MR) is 341 cm³/mol. The molecular weight excluding hydrogens is 1020 g/mol. The van der Waals surface area contributed by atoms with E-state index in [1.54, 1.807) is 0 Å². The first-order valence-corrected chi connectivity index (χ1v) is 33.3. The molecule has 0 radical (unpaired) electrons. The normalized spacial score (nSPS) is 12.1. The van der Waals surface area contributed by atoms with Crippen LogP contribution in [-0.4, -0.2) is 38.7 Å². The fraction of sp³-hybridized carbons (Fsp3) is 0. The number of aromatic nitrogens is 3. The molecule has 80 heavy (non-hydrogen) atoms. The van der Waals surface area contributed by atoms with E-state index in [1.807, 2.05) is 0 Å². The van der Waals surface area contributed by atoms with Crippen molar-refractivity contribution in [2.24, 2.45) is 0 Å². The second kappa shape index (κ2) is 20.7. The molecule has 2 aromatic heterocycles. The van der Waals surface area contributed by atoms with Crippen LogP contribution in [0.4, 0.5) is 0 Å². The smallest absolute Gasteiger partial charge is 0.278 e. The number of para-hydroxylation sites is 4. The first kappa shape index (κ1) is 48.9. The van der Waals surface area contributed by atoms with Gasteiger partial charge in [-0.25, -0.2) is 4.98 Å². The summed E-state index contributed by atoms with van der Waals surface area (Å²) in [4.78, 5) is 5.30. The summed E-state index contributed by atoms with van der Waals surface area (Å²) in [6.45, 7) is 0. The Hall–Kier alpha value is -9.48. The molecule has 0 spiro atoms. The Balaban J connectivity index is 0.999. The molecule has 0 atom stereocenters. The zero-order valence-electron chi connectivity index (χ0n) is 44.0. The van der Waals surface area contributed by atoms with Crippen LogP contribution in [0.3, 0.4) is 0 Å². The van der Waals surface area contributed by atoms with Crippen LogP contribution in [0.15, 0.2) is 334 Å². The maximum Gasteiger partial charge on any atom is 0.278 e.